The Morgan fingerprint density at radius 1 is 1.44 bits per heavy atom. The highest BCUT2D eigenvalue weighted by Gasteiger charge is 2.26. The van der Waals surface area contributed by atoms with Crippen molar-refractivity contribution in [1.82, 2.24) is 9.62 Å². The number of nitrogens with one attached hydrogen (secondary N) is 1. The lowest BCUT2D eigenvalue weighted by Crippen LogP contribution is -2.37. The Balaban J connectivity index is 1.91. The molecule has 0 radical (unpaired) electrons. The number of thiophene rings is 1. The fourth-order valence-corrected chi connectivity index (χ4v) is 4.60. The van der Waals surface area contributed by atoms with Gasteiger partial charge in [0.1, 0.15) is 0 Å². The molecular formula is C12H20N2O2S2. The zero-order chi connectivity index (χ0) is 13.0. The lowest BCUT2D eigenvalue weighted by molar-refractivity contribution is 0.393. The molecule has 0 aromatic carbocycles. The van der Waals surface area contributed by atoms with Crippen LogP contribution in [0.2, 0.25) is 0 Å². The van der Waals surface area contributed by atoms with Gasteiger partial charge in [0, 0.05) is 18.0 Å². The Morgan fingerprint density at radius 2 is 2.28 bits per heavy atom. The van der Waals surface area contributed by atoms with Crippen LogP contribution in [0.4, 0.5) is 0 Å². The summed E-state index contributed by atoms with van der Waals surface area (Å²) >= 11 is 1.73. The molecule has 1 aromatic heterocycles. The zero-order valence-corrected chi connectivity index (χ0v) is 12.3. The second kappa shape index (κ2) is 6.14. The molecule has 0 spiro atoms. The average molecular weight is 288 g/mol. The van der Waals surface area contributed by atoms with Crippen LogP contribution in [0.1, 0.15) is 23.3 Å². The van der Waals surface area contributed by atoms with Crippen molar-refractivity contribution in [3.63, 3.8) is 0 Å². The van der Waals surface area contributed by atoms with E-state index in [2.05, 4.69) is 5.32 Å². The van der Waals surface area contributed by atoms with Gasteiger partial charge in [-0.25, -0.2) is 8.42 Å². The first-order valence-corrected chi connectivity index (χ1v) is 8.80. The highest BCUT2D eigenvalue weighted by atomic mass is 32.2. The molecule has 1 aliphatic heterocycles. The van der Waals surface area contributed by atoms with Gasteiger partial charge in [-0.05, 0) is 49.9 Å². The largest absolute Gasteiger partial charge is 0.320 e. The Bertz CT molecular complexity index is 482. The molecule has 0 fully saturated rings. The summed E-state index contributed by atoms with van der Waals surface area (Å²) in [4.78, 5) is 1.34. The molecule has 2 rings (SSSR count). The van der Waals surface area contributed by atoms with Gasteiger partial charge in [0.25, 0.3) is 0 Å². The van der Waals surface area contributed by atoms with E-state index in [9.17, 15) is 8.42 Å². The third-order valence-corrected chi connectivity index (χ3v) is 6.17. The van der Waals surface area contributed by atoms with Crippen molar-refractivity contribution in [2.24, 2.45) is 0 Å². The molecule has 0 aliphatic carbocycles. The van der Waals surface area contributed by atoms with Crippen molar-refractivity contribution in [3.05, 3.63) is 21.9 Å². The van der Waals surface area contributed by atoms with Crippen molar-refractivity contribution >= 4 is 21.4 Å². The van der Waals surface area contributed by atoms with Gasteiger partial charge in [0.05, 0.1) is 5.75 Å². The van der Waals surface area contributed by atoms with Crippen LogP contribution in [0.5, 0.6) is 0 Å². The van der Waals surface area contributed by atoms with Crippen molar-refractivity contribution in [1.29, 1.82) is 0 Å². The third kappa shape index (κ3) is 3.32. The Labute approximate surface area is 113 Å². The van der Waals surface area contributed by atoms with Gasteiger partial charge in [-0.1, -0.05) is 0 Å². The standard InChI is InChI=1S/C12H20N2O2S2/c1-13-6-2-3-9-18(15,16)14-7-4-12-11(10-14)5-8-17-12/h5,8,13H,2-4,6-7,9-10H2,1H3. The van der Waals surface area contributed by atoms with Crippen LogP contribution in [0.15, 0.2) is 11.4 Å². The maximum Gasteiger partial charge on any atom is 0.214 e. The molecule has 18 heavy (non-hydrogen) atoms. The lowest BCUT2D eigenvalue weighted by Gasteiger charge is -2.26. The molecule has 4 nitrogen and oxygen atoms in total. The van der Waals surface area contributed by atoms with Crippen LogP contribution < -0.4 is 5.32 Å². The molecule has 1 aromatic rings. The highest BCUT2D eigenvalue weighted by Crippen LogP contribution is 2.25. The number of unbranched alkanes of at least 4 members (excludes halogenated alkanes) is 1. The summed E-state index contributed by atoms with van der Waals surface area (Å²) < 4.78 is 26.0. The first-order valence-electron chi connectivity index (χ1n) is 6.31. The molecule has 0 atom stereocenters. The monoisotopic (exact) mass is 288 g/mol. The molecule has 0 bridgehead atoms. The topological polar surface area (TPSA) is 49.4 Å². The predicted octanol–water partition coefficient (Wildman–Crippen LogP) is 1.44. The molecule has 102 valence electrons. The summed E-state index contributed by atoms with van der Waals surface area (Å²) in [5.74, 6) is 0.272. The molecule has 6 heteroatoms. The third-order valence-electron chi connectivity index (χ3n) is 3.25. The summed E-state index contributed by atoms with van der Waals surface area (Å²) in [5, 5.41) is 5.09. The Kier molecular flexibility index (Phi) is 4.77. The van der Waals surface area contributed by atoms with Crippen molar-refractivity contribution in [3.8, 4) is 0 Å². The number of fused-ring (bicyclic) bond motifs is 1. The maximum atomic E-state index is 12.2. The van der Waals surface area contributed by atoms with Crippen molar-refractivity contribution < 1.29 is 8.42 Å². The summed E-state index contributed by atoms with van der Waals surface area (Å²) in [5.41, 5.74) is 1.19. The molecule has 0 amide bonds. The van der Waals surface area contributed by atoms with E-state index in [4.69, 9.17) is 0 Å². The van der Waals surface area contributed by atoms with E-state index in [1.807, 2.05) is 18.5 Å². The van der Waals surface area contributed by atoms with Crippen LogP contribution in [0.25, 0.3) is 0 Å². The summed E-state index contributed by atoms with van der Waals surface area (Å²) in [6.07, 6.45) is 2.51. The SMILES string of the molecule is CNCCCCS(=O)(=O)N1CCc2sccc2C1. The number of hydrogen-bond donors (Lipinski definition) is 1. The predicted molar refractivity (Wildman–Crippen MR) is 75.4 cm³/mol. The van der Waals surface area contributed by atoms with E-state index in [1.54, 1.807) is 15.6 Å². The minimum absolute atomic E-state index is 0.272. The Hall–Kier alpha value is -0.430. The molecule has 0 saturated heterocycles. The summed E-state index contributed by atoms with van der Waals surface area (Å²) in [7, 11) is -1.19. The van der Waals surface area contributed by atoms with Crippen LogP contribution in [-0.2, 0) is 23.0 Å². The van der Waals surface area contributed by atoms with Crippen LogP contribution >= 0.6 is 11.3 Å². The highest BCUT2D eigenvalue weighted by molar-refractivity contribution is 7.89. The molecule has 0 unspecified atom stereocenters. The normalized spacial score (nSPS) is 16.7. The van der Waals surface area contributed by atoms with Gasteiger partial charge in [-0.2, -0.15) is 4.31 Å². The van der Waals surface area contributed by atoms with Gasteiger partial charge in [0.2, 0.25) is 10.0 Å². The Morgan fingerprint density at radius 3 is 3.06 bits per heavy atom. The number of sulfonamides is 1. The second-order valence-electron chi connectivity index (χ2n) is 4.58. The van der Waals surface area contributed by atoms with E-state index in [1.165, 1.54) is 10.4 Å². The van der Waals surface area contributed by atoms with Gasteiger partial charge in [-0.3, -0.25) is 0 Å². The first kappa shape index (κ1) is 14.0. The number of hydrogen-bond acceptors (Lipinski definition) is 4. The van der Waals surface area contributed by atoms with E-state index in [0.717, 1.165) is 25.8 Å². The second-order valence-corrected chi connectivity index (χ2v) is 7.67. The quantitative estimate of drug-likeness (QED) is 0.806. The van der Waals surface area contributed by atoms with E-state index in [0.29, 0.717) is 13.1 Å². The van der Waals surface area contributed by atoms with Crippen molar-refractivity contribution in [2.45, 2.75) is 25.8 Å². The van der Waals surface area contributed by atoms with Crippen molar-refractivity contribution in [2.75, 3.05) is 25.9 Å². The van der Waals surface area contributed by atoms with Gasteiger partial charge >= 0.3 is 0 Å². The molecule has 1 N–H and O–H groups in total. The number of rotatable bonds is 6. The van der Waals surface area contributed by atoms with E-state index in [-0.39, 0.29) is 5.75 Å². The molecule has 1 aliphatic rings. The van der Waals surface area contributed by atoms with Gasteiger partial charge in [0.15, 0.2) is 0 Å². The molecule has 0 saturated carbocycles. The molecule has 2 heterocycles. The summed E-state index contributed by atoms with van der Waals surface area (Å²) in [6, 6.07) is 2.04. The van der Waals surface area contributed by atoms with E-state index < -0.39 is 10.0 Å². The number of nitrogens with zero attached hydrogens (tertiary/aromatic N) is 1. The van der Waals surface area contributed by atoms with Crippen LogP contribution in [0, 0.1) is 0 Å². The molecular weight excluding hydrogens is 268 g/mol. The minimum Gasteiger partial charge on any atom is -0.320 e. The van der Waals surface area contributed by atoms with Crippen LogP contribution in [-0.4, -0.2) is 38.6 Å². The minimum atomic E-state index is -3.07. The fraction of sp³-hybridized carbons (Fsp3) is 0.667. The zero-order valence-electron chi connectivity index (χ0n) is 10.7. The lowest BCUT2D eigenvalue weighted by atomic mass is 10.1. The fourth-order valence-electron chi connectivity index (χ4n) is 2.18. The smallest absolute Gasteiger partial charge is 0.214 e. The average Bonchev–Trinajstić information content (AvgIpc) is 2.82. The van der Waals surface area contributed by atoms with E-state index >= 15 is 0 Å². The summed E-state index contributed by atoms with van der Waals surface area (Å²) in [6.45, 7) is 2.08. The first-order chi connectivity index (χ1) is 8.63. The van der Waals surface area contributed by atoms with Gasteiger partial charge in [-0.15, -0.1) is 11.3 Å². The maximum absolute atomic E-state index is 12.2. The van der Waals surface area contributed by atoms with Gasteiger partial charge < -0.3 is 5.32 Å². The van der Waals surface area contributed by atoms with Crippen LogP contribution in [0.3, 0.4) is 0 Å².